The lowest BCUT2D eigenvalue weighted by Gasteiger charge is -2.19. The van der Waals surface area contributed by atoms with Gasteiger partial charge in [-0.1, -0.05) is 0 Å². The molecule has 0 aliphatic heterocycles. The number of aromatic nitrogens is 3. The van der Waals surface area contributed by atoms with E-state index in [1.54, 1.807) is 18.9 Å². The average molecular weight is 256 g/mol. The molecule has 1 heterocycles. The first-order chi connectivity index (χ1) is 8.42. The molecular formula is C10H20N6O2. The summed E-state index contributed by atoms with van der Waals surface area (Å²) in [5.41, 5.74) is 2.36. The van der Waals surface area contributed by atoms with E-state index in [2.05, 4.69) is 20.4 Å². The van der Waals surface area contributed by atoms with E-state index >= 15 is 0 Å². The van der Waals surface area contributed by atoms with E-state index in [1.165, 1.54) is 0 Å². The van der Waals surface area contributed by atoms with E-state index in [9.17, 15) is 5.11 Å². The largest absolute Gasteiger partial charge is 0.461 e. The van der Waals surface area contributed by atoms with Crippen LogP contribution in [-0.2, 0) is 0 Å². The molecule has 0 saturated heterocycles. The van der Waals surface area contributed by atoms with Crippen molar-refractivity contribution in [3.8, 4) is 6.01 Å². The third-order valence-electron chi connectivity index (χ3n) is 1.95. The van der Waals surface area contributed by atoms with Crippen molar-refractivity contribution < 1.29 is 9.84 Å². The molecule has 0 radical (unpaired) electrons. The first kappa shape index (κ1) is 14.4. The van der Waals surface area contributed by atoms with Gasteiger partial charge in [0.05, 0.1) is 12.2 Å². The maximum atomic E-state index is 9.34. The van der Waals surface area contributed by atoms with Gasteiger partial charge in [-0.05, 0) is 20.8 Å². The van der Waals surface area contributed by atoms with Gasteiger partial charge in [0.25, 0.3) is 0 Å². The van der Waals surface area contributed by atoms with Gasteiger partial charge in [0, 0.05) is 13.6 Å². The minimum absolute atomic E-state index is 0.0482. The van der Waals surface area contributed by atoms with Gasteiger partial charge in [0.2, 0.25) is 11.9 Å². The Morgan fingerprint density at radius 2 is 2.00 bits per heavy atom. The van der Waals surface area contributed by atoms with Crippen molar-refractivity contribution in [3.05, 3.63) is 0 Å². The second-order valence-corrected chi connectivity index (χ2v) is 4.28. The first-order valence-electron chi connectivity index (χ1n) is 5.71. The Hall–Kier alpha value is -1.67. The monoisotopic (exact) mass is 256 g/mol. The average Bonchev–Trinajstić information content (AvgIpc) is 2.26. The zero-order valence-corrected chi connectivity index (χ0v) is 11.1. The number of hydrazine groups is 1. The number of rotatable bonds is 6. The molecule has 18 heavy (non-hydrogen) atoms. The minimum Gasteiger partial charge on any atom is -0.461 e. The van der Waals surface area contributed by atoms with Gasteiger partial charge in [-0.25, -0.2) is 5.84 Å². The Balaban J connectivity index is 2.95. The molecule has 102 valence electrons. The van der Waals surface area contributed by atoms with Gasteiger partial charge < -0.3 is 14.7 Å². The predicted octanol–water partition coefficient (Wildman–Crippen LogP) is -0.239. The smallest absolute Gasteiger partial charge is 0.323 e. The lowest BCUT2D eigenvalue weighted by Crippen LogP contribution is -2.29. The predicted molar refractivity (Wildman–Crippen MR) is 68.4 cm³/mol. The number of aliphatic hydroxyl groups excluding tert-OH is 1. The maximum Gasteiger partial charge on any atom is 0.323 e. The summed E-state index contributed by atoms with van der Waals surface area (Å²) in [5, 5.41) is 9.34. The third kappa shape index (κ3) is 4.30. The molecule has 0 spiro atoms. The summed E-state index contributed by atoms with van der Waals surface area (Å²) in [7, 11) is 1.77. The lowest BCUT2D eigenvalue weighted by molar-refractivity contribution is 0.200. The Morgan fingerprint density at radius 3 is 2.50 bits per heavy atom. The van der Waals surface area contributed by atoms with Crippen LogP contribution in [0.4, 0.5) is 11.9 Å². The zero-order valence-electron chi connectivity index (χ0n) is 11.1. The van der Waals surface area contributed by atoms with Crippen LogP contribution in [0.2, 0.25) is 0 Å². The molecule has 1 unspecified atom stereocenters. The number of nitrogens with one attached hydrogen (secondary N) is 1. The molecule has 8 nitrogen and oxygen atoms in total. The molecule has 0 amide bonds. The number of nitrogens with two attached hydrogens (primary N) is 1. The summed E-state index contributed by atoms with van der Waals surface area (Å²) in [6, 6.07) is 0.195. The number of aliphatic hydroxyl groups is 1. The molecule has 0 saturated carbocycles. The molecule has 0 aromatic carbocycles. The van der Waals surface area contributed by atoms with Gasteiger partial charge >= 0.3 is 6.01 Å². The molecule has 1 aromatic heterocycles. The summed E-state index contributed by atoms with van der Waals surface area (Å²) in [5.74, 6) is 5.89. The Kier molecular flexibility index (Phi) is 5.05. The summed E-state index contributed by atoms with van der Waals surface area (Å²) in [4.78, 5) is 13.9. The van der Waals surface area contributed by atoms with E-state index in [-0.39, 0.29) is 18.1 Å². The molecule has 0 aliphatic rings. The van der Waals surface area contributed by atoms with Crippen LogP contribution in [0.1, 0.15) is 20.8 Å². The summed E-state index contributed by atoms with van der Waals surface area (Å²) in [6.07, 6.45) is -0.538. The quantitative estimate of drug-likeness (QED) is 0.472. The van der Waals surface area contributed by atoms with Crippen LogP contribution < -0.4 is 20.9 Å². The molecule has 1 atom stereocenters. The van der Waals surface area contributed by atoms with Crippen LogP contribution in [0, 0.1) is 0 Å². The standard InChI is InChI=1S/C10H20N6O2/c1-6(2)18-10-13-8(15-11)12-9(14-10)16(4)5-7(3)17/h6-7,17H,5,11H2,1-4H3,(H,12,13,14,15). The van der Waals surface area contributed by atoms with Crippen molar-refractivity contribution in [2.24, 2.45) is 5.84 Å². The van der Waals surface area contributed by atoms with Gasteiger partial charge in [0.1, 0.15) is 0 Å². The molecule has 8 heteroatoms. The van der Waals surface area contributed by atoms with E-state index in [0.29, 0.717) is 12.5 Å². The third-order valence-corrected chi connectivity index (χ3v) is 1.95. The fraction of sp³-hybridized carbons (Fsp3) is 0.700. The Bertz CT molecular complexity index is 385. The van der Waals surface area contributed by atoms with E-state index in [4.69, 9.17) is 10.6 Å². The highest BCUT2D eigenvalue weighted by Gasteiger charge is 2.13. The van der Waals surface area contributed by atoms with Gasteiger partial charge in [-0.2, -0.15) is 15.0 Å². The molecular weight excluding hydrogens is 236 g/mol. The number of likely N-dealkylation sites (N-methyl/N-ethyl adjacent to an activating group) is 1. The number of hydrogen-bond donors (Lipinski definition) is 3. The van der Waals surface area contributed by atoms with Crippen LogP contribution in [0.5, 0.6) is 6.01 Å². The molecule has 0 aliphatic carbocycles. The number of anilines is 2. The van der Waals surface area contributed by atoms with Crippen LogP contribution in [-0.4, -0.2) is 45.9 Å². The Labute approximate surface area is 106 Å². The van der Waals surface area contributed by atoms with Crippen LogP contribution >= 0.6 is 0 Å². The highest BCUT2D eigenvalue weighted by molar-refractivity contribution is 5.37. The topological polar surface area (TPSA) is 109 Å². The van der Waals surface area contributed by atoms with Crippen LogP contribution in [0.25, 0.3) is 0 Å². The summed E-state index contributed by atoms with van der Waals surface area (Å²) in [6.45, 7) is 5.83. The molecule has 1 rings (SSSR count). The normalized spacial score (nSPS) is 12.4. The molecule has 1 aromatic rings. The molecule has 0 fully saturated rings. The SMILES string of the molecule is CC(O)CN(C)c1nc(NN)nc(OC(C)C)n1. The first-order valence-corrected chi connectivity index (χ1v) is 5.71. The van der Waals surface area contributed by atoms with E-state index < -0.39 is 6.10 Å². The molecule has 0 bridgehead atoms. The minimum atomic E-state index is -0.490. The van der Waals surface area contributed by atoms with Crippen molar-refractivity contribution in [1.82, 2.24) is 15.0 Å². The van der Waals surface area contributed by atoms with Crippen molar-refractivity contribution >= 4 is 11.9 Å². The highest BCUT2D eigenvalue weighted by atomic mass is 16.5. The summed E-state index contributed by atoms with van der Waals surface area (Å²) < 4.78 is 5.41. The number of hydrogen-bond acceptors (Lipinski definition) is 8. The zero-order chi connectivity index (χ0) is 13.7. The Morgan fingerprint density at radius 1 is 1.33 bits per heavy atom. The number of ether oxygens (including phenoxy) is 1. The number of nitrogens with zero attached hydrogens (tertiary/aromatic N) is 4. The summed E-state index contributed by atoms with van der Waals surface area (Å²) >= 11 is 0. The van der Waals surface area contributed by atoms with E-state index in [1.807, 2.05) is 13.8 Å². The highest BCUT2D eigenvalue weighted by Crippen LogP contribution is 2.14. The lowest BCUT2D eigenvalue weighted by atomic mass is 10.4. The maximum absolute atomic E-state index is 9.34. The number of nitrogen functional groups attached to an aromatic ring is 1. The van der Waals surface area contributed by atoms with Crippen molar-refractivity contribution in [2.45, 2.75) is 33.0 Å². The van der Waals surface area contributed by atoms with Gasteiger partial charge in [0.15, 0.2) is 0 Å². The van der Waals surface area contributed by atoms with E-state index in [0.717, 1.165) is 0 Å². The molecule has 4 N–H and O–H groups in total. The second-order valence-electron chi connectivity index (χ2n) is 4.28. The van der Waals surface area contributed by atoms with Crippen molar-refractivity contribution in [1.29, 1.82) is 0 Å². The van der Waals surface area contributed by atoms with Crippen LogP contribution in [0.15, 0.2) is 0 Å². The van der Waals surface area contributed by atoms with Gasteiger partial charge in [-0.3, -0.25) is 5.43 Å². The van der Waals surface area contributed by atoms with Gasteiger partial charge in [-0.15, -0.1) is 0 Å². The van der Waals surface area contributed by atoms with Crippen molar-refractivity contribution in [3.63, 3.8) is 0 Å². The van der Waals surface area contributed by atoms with Crippen LogP contribution in [0.3, 0.4) is 0 Å². The second kappa shape index (κ2) is 6.31. The fourth-order valence-corrected chi connectivity index (χ4v) is 1.32. The van der Waals surface area contributed by atoms with Crippen molar-refractivity contribution in [2.75, 3.05) is 23.9 Å². The fourth-order valence-electron chi connectivity index (χ4n) is 1.32.